The Kier molecular flexibility index (Phi) is 6.13. The maximum atomic E-state index is 12.1. The van der Waals surface area contributed by atoms with Crippen LogP contribution >= 0.6 is 0 Å². The molecular formula is C20H23NO3. The molecule has 0 saturated carbocycles. The van der Waals surface area contributed by atoms with E-state index in [1.165, 1.54) is 0 Å². The zero-order chi connectivity index (χ0) is 17.5. The Morgan fingerprint density at radius 3 is 2.50 bits per heavy atom. The number of hydrogen-bond acceptors (Lipinski definition) is 2. The SMILES string of the molecule is Cc1cccc(CC(CNC(=O)Cc2ccccc2C)C(=O)O)c1. The van der Waals surface area contributed by atoms with Crippen molar-refractivity contribution in [2.24, 2.45) is 5.92 Å². The number of aliphatic carboxylic acids is 1. The van der Waals surface area contributed by atoms with Crippen LogP contribution in [0.3, 0.4) is 0 Å². The van der Waals surface area contributed by atoms with E-state index >= 15 is 0 Å². The van der Waals surface area contributed by atoms with Crippen LogP contribution < -0.4 is 5.32 Å². The highest BCUT2D eigenvalue weighted by molar-refractivity contribution is 5.80. The normalized spacial score (nSPS) is 11.8. The van der Waals surface area contributed by atoms with Crippen molar-refractivity contribution in [3.05, 3.63) is 70.8 Å². The van der Waals surface area contributed by atoms with Crippen molar-refractivity contribution in [3.8, 4) is 0 Å². The van der Waals surface area contributed by atoms with E-state index in [2.05, 4.69) is 5.32 Å². The van der Waals surface area contributed by atoms with Gasteiger partial charge in [0.1, 0.15) is 0 Å². The van der Waals surface area contributed by atoms with Crippen molar-refractivity contribution in [1.29, 1.82) is 0 Å². The fraction of sp³-hybridized carbons (Fsp3) is 0.300. The maximum absolute atomic E-state index is 12.1. The van der Waals surface area contributed by atoms with Gasteiger partial charge in [0, 0.05) is 6.54 Å². The number of rotatable bonds is 7. The first-order valence-electron chi connectivity index (χ1n) is 8.05. The van der Waals surface area contributed by atoms with Gasteiger partial charge in [0.25, 0.3) is 0 Å². The van der Waals surface area contributed by atoms with Crippen LogP contribution in [0.5, 0.6) is 0 Å². The molecule has 24 heavy (non-hydrogen) atoms. The molecule has 4 nitrogen and oxygen atoms in total. The van der Waals surface area contributed by atoms with Gasteiger partial charge in [-0.2, -0.15) is 0 Å². The second-order valence-corrected chi connectivity index (χ2v) is 6.14. The first-order valence-corrected chi connectivity index (χ1v) is 8.05. The van der Waals surface area contributed by atoms with Gasteiger partial charge in [0.2, 0.25) is 5.91 Å². The van der Waals surface area contributed by atoms with E-state index in [4.69, 9.17) is 0 Å². The highest BCUT2D eigenvalue weighted by Gasteiger charge is 2.19. The van der Waals surface area contributed by atoms with Crippen molar-refractivity contribution >= 4 is 11.9 Å². The van der Waals surface area contributed by atoms with Crippen LogP contribution in [0.1, 0.15) is 22.3 Å². The standard InChI is InChI=1S/C20H23NO3/c1-14-6-5-8-16(10-14)11-18(20(23)24)13-21-19(22)12-17-9-4-3-7-15(17)2/h3-10,18H,11-13H2,1-2H3,(H,21,22)(H,23,24). The second-order valence-electron chi connectivity index (χ2n) is 6.14. The summed E-state index contributed by atoms with van der Waals surface area (Å²) in [6.07, 6.45) is 0.672. The van der Waals surface area contributed by atoms with Crippen LogP contribution in [0.15, 0.2) is 48.5 Å². The van der Waals surface area contributed by atoms with E-state index in [0.29, 0.717) is 6.42 Å². The quantitative estimate of drug-likeness (QED) is 0.822. The Bertz CT molecular complexity index is 724. The fourth-order valence-corrected chi connectivity index (χ4v) is 2.65. The topological polar surface area (TPSA) is 66.4 Å². The van der Waals surface area contributed by atoms with Gasteiger partial charge in [-0.15, -0.1) is 0 Å². The Morgan fingerprint density at radius 1 is 1.08 bits per heavy atom. The Morgan fingerprint density at radius 2 is 1.83 bits per heavy atom. The fourth-order valence-electron chi connectivity index (χ4n) is 2.65. The predicted octanol–water partition coefficient (Wildman–Crippen LogP) is 2.91. The van der Waals surface area contributed by atoms with Crippen LogP contribution in [0.2, 0.25) is 0 Å². The summed E-state index contributed by atoms with van der Waals surface area (Å²) in [4.78, 5) is 23.6. The lowest BCUT2D eigenvalue weighted by Crippen LogP contribution is -2.35. The molecule has 0 aliphatic heterocycles. The molecule has 4 heteroatoms. The van der Waals surface area contributed by atoms with Gasteiger partial charge in [-0.1, -0.05) is 54.1 Å². The van der Waals surface area contributed by atoms with E-state index in [9.17, 15) is 14.7 Å². The molecule has 0 spiro atoms. The van der Waals surface area contributed by atoms with Crippen LogP contribution in [0.25, 0.3) is 0 Å². The van der Waals surface area contributed by atoms with Gasteiger partial charge in [-0.25, -0.2) is 0 Å². The third-order valence-electron chi connectivity index (χ3n) is 4.07. The molecule has 2 aromatic rings. The second kappa shape index (κ2) is 8.29. The van der Waals surface area contributed by atoms with E-state index < -0.39 is 11.9 Å². The highest BCUT2D eigenvalue weighted by Crippen LogP contribution is 2.12. The van der Waals surface area contributed by atoms with Gasteiger partial charge < -0.3 is 10.4 Å². The van der Waals surface area contributed by atoms with E-state index in [-0.39, 0.29) is 18.9 Å². The van der Waals surface area contributed by atoms with Crippen LogP contribution in [0.4, 0.5) is 0 Å². The number of hydrogen-bond donors (Lipinski definition) is 2. The van der Waals surface area contributed by atoms with E-state index in [0.717, 1.165) is 22.3 Å². The molecule has 1 atom stereocenters. The molecular weight excluding hydrogens is 302 g/mol. The third-order valence-corrected chi connectivity index (χ3v) is 4.07. The zero-order valence-electron chi connectivity index (χ0n) is 14.1. The first kappa shape index (κ1) is 17.7. The molecule has 0 aromatic heterocycles. The number of carbonyl (C=O) groups is 2. The summed E-state index contributed by atoms with van der Waals surface area (Å²) in [6, 6.07) is 15.5. The molecule has 0 bridgehead atoms. The van der Waals surface area contributed by atoms with Gasteiger partial charge in [0.05, 0.1) is 12.3 Å². The van der Waals surface area contributed by atoms with Crippen molar-refractivity contribution < 1.29 is 14.7 Å². The highest BCUT2D eigenvalue weighted by atomic mass is 16.4. The van der Waals surface area contributed by atoms with Crippen LogP contribution in [0, 0.1) is 19.8 Å². The monoisotopic (exact) mass is 325 g/mol. The van der Waals surface area contributed by atoms with Crippen molar-refractivity contribution in [2.45, 2.75) is 26.7 Å². The summed E-state index contributed by atoms with van der Waals surface area (Å²) < 4.78 is 0. The Labute approximate surface area is 142 Å². The average molecular weight is 325 g/mol. The Balaban J connectivity index is 1.92. The molecule has 0 radical (unpaired) electrons. The number of aryl methyl sites for hydroxylation is 2. The number of carboxylic acid groups (broad SMARTS) is 1. The zero-order valence-corrected chi connectivity index (χ0v) is 14.1. The summed E-state index contributed by atoms with van der Waals surface area (Å²) in [5, 5.41) is 12.2. The molecule has 0 fully saturated rings. The molecule has 0 saturated heterocycles. The molecule has 2 rings (SSSR count). The van der Waals surface area contributed by atoms with E-state index in [1.807, 2.05) is 62.4 Å². The molecule has 0 aliphatic carbocycles. The third kappa shape index (κ3) is 5.23. The number of amides is 1. The number of nitrogens with one attached hydrogen (secondary N) is 1. The minimum atomic E-state index is -0.896. The molecule has 1 amide bonds. The molecule has 0 aliphatic rings. The summed E-state index contributed by atoms with van der Waals surface area (Å²) in [7, 11) is 0. The van der Waals surface area contributed by atoms with Gasteiger partial charge >= 0.3 is 5.97 Å². The predicted molar refractivity (Wildman–Crippen MR) is 93.9 cm³/mol. The van der Waals surface area contributed by atoms with Crippen molar-refractivity contribution in [3.63, 3.8) is 0 Å². The summed E-state index contributed by atoms with van der Waals surface area (Å²) in [6.45, 7) is 4.07. The van der Waals surface area contributed by atoms with Crippen LogP contribution in [-0.2, 0) is 22.4 Å². The maximum Gasteiger partial charge on any atom is 0.308 e. The molecule has 2 aromatic carbocycles. The lowest BCUT2D eigenvalue weighted by Gasteiger charge is -2.14. The van der Waals surface area contributed by atoms with E-state index in [1.54, 1.807) is 0 Å². The van der Waals surface area contributed by atoms with Gasteiger partial charge in [-0.3, -0.25) is 9.59 Å². The number of carbonyl (C=O) groups excluding carboxylic acids is 1. The molecule has 0 heterocycles. The lowest BCUT2D eigenvalue weighted by molar-refractivity contribution is -0.141. The largest absolute Gasteiger partial charge is 0.481 e. The summed E-state index contributed by atoms with van der Waals surface area (Å²) >= 11 is 0. The molecule has 1 unspecified atom stereocenters. The minimum absolute atomic E-state index is 0.133. The smallest absolute Gasteiger partial charge is 0.308 e. The molecule has 2 N–H and O–H groups in total. The Hall–Kier alpha value is -2.62. The lowest BCUT2D eigenvalue weighted by atomic mass is 9.98. The number of carboxylic acids is 1. The average Bonchev–Trinajstić information content (AvgIpc) is 2.53. The minimum Gasteiger partial charge on any atom is -0.481 e. The van der Waals surface area contributed by atoms with Crippen molar-refractivity contribution in [1.82, 2.24) is 5.32 Å². The first-order chi connectivity index (χ1) is 11.5. The van der Waals surface area contributed by atoms with Crippen molar-refractivity contribution in [2.75, 3.05) is 6.54 Å². The summed E-state index contributed by atoms with van der Waals surface area (Å²) in [5.41, 5.74) is 4.08. The van der Waals surface area contributed by atoms with Crippen LogP contribution in [-0.4, -0.2) is 23.5 Å². The van der Waals surface area contributed by atoms with Gasteiger partial charge in [-0.05, 0) is 37.0 Å². The number of benzene rings is 2. The van der Waals surface area contributed by atoms with Gasteiger partial charge in [0.15, 0.2) is 0 Å². The summed E-state index contributed by atoms with van der Waals surface area (Å²) in [5.74, 6) is -1.68. The molecule has 126 valence electrons.